The number of aliphatic hydroxyl groups excluding tert-OH is 1. The minimum absolute atomic E-state index is 0.0742. The normalized spacial score (nSPS) is 13.2. The Morgan fingerprint density at radius 2 is 0.465 bits per heavy atom. The van der Waals surface area contributed by atoms with E-state index in [1.54, 1.807) is 0 Å². The number of esters is 2. The van der Waals surface area contributed by atoms with Crippen molar-refractivity contribution in [1.82, 2.24) is 0 Å². The molecule has 1 unspecified atom stereocenters. The van der Waals surface area contributed by atoms with Crippen molar-refractivity contribution in [2.24, 2.45) is 0 Å². The Morgan fingerprint density at radius 1 is 0.267 bits per heavy atom. The van der Waals surface area contributed by atoms with E-state index in [-0.39, 0.29) is 25.2 Å². The molecule has 0 aromatic rings. The lowest BCUT2D eigenvalue weighted by Gasteiger charge is -2.15. The number of carbonyl (C=O) groups is 2. The summed E-state index contributed by atoms with van der Waals surface area (Å²) >= 11 is 0. The van der Waals surface area contributed by atoms with Gasteiger partial charge in [-0.25, -0.2) is 0 Å². The van der Waals surface area contributed by atoms with E-state index < -0.39 is 6.10 Å². The van der Waals surface area contributed by atoms with E-state index in [0.29, 0.717) is 12.8 Å². The van der Waals surface area contributed by atoms with E-state index in [9.17, 15) is 14.7 Å². The van der Waals surface area contributed by atoms with Gasteiger partial charge >= 0.3 is 11.9 Å². The zero-order valence-electron chi connectivity index (χ0n) is 56.0. The molecule has 0 saturated carbocycles. The maximum atomic E-state index is 12.4. The van der Waals surface area contributed by atoms with E-state index in [1.165, 1.54) is 167 Å². The first-order valence-corrected chi connectivity index (χ1v) is 36.0. The Bertz CT molecular complexity index is 1830. The minimum atomic E-state index is -0.787. The molecule has 0 heterocycles. The molecule has 0 aromatic heterocycles. The van der Waals surface area contributed by atoms with Gasteiger partial charge in [0.05, 0.1) is 6.61 Å². The van der Waals surface area contributed by atoms with E-state index >= 15 is 0 Å². The highest BCUT2D eigenvalue weighted by Crippen LogP contribution is 2.17. The van der Waals surface area contributed by atoms with Crippen molar-refractivity contribution < 1.29 is 24.2 Å². The highest BCUT2D eigenvalue weighted by molar-refractivity contribution is 5.70. The molecule has 0 aliphatic carbocycles. The van der Waals surface area contributed by atoms with Gasteiger partial charge in [-0.05, 0) is 122 Å². The van der Waals surface area contributed by atoms with Crippen LogP contribution in [-0.2, 0) is 19.1 Å². The molecule has 488 valence electrons. The van der Waals surface area contributed by atoms with E-state index in [2.05, 4.69) is 172 Å². The third kappa shape index (κ3) is 72.0. The molecular formula is C81H134O5. The topological polar surface area (TPSA) is 72.8 Å². The first-order chi connectivity index (χ1) is 42.6. The average Bonchev–Trinajstić information content (AvgIpc) is 3.55. The van der Waals surface area contributed by atoms with Crippen LogP contribution in [0.5, 0.6) is 0 Å². The van der Waals surface area contributed by atoms with Gasteiger partial charge in [-0.3, -0.25) is 9.59 Å². The Balaban J connectivity index is 3.49. The van der Waals surface area contributed by atoms with Crippen molar-refractivity contribution >= 4 is 11.9 Å². The second-order valence-electron chi connectivity index (χ2n) is 23.6. The third-order valence-corrected chi connectivity index (χ3v) is 15.3. The molecule has 0 fully saturated rings. The second kappa shape index (κ2) is 74.8. The summed E-state index contributed by atoms with van der Waals surface area (Å²) in [6, 6.07) is 0. The predicted octanol–water partition coefficient (Wildman–Crippen LogP) is 25.4. The lowest BCUT2D eigenvalue weighted by atomic mass is 10.0. The maximum absolute atomic E-state index is 12.4. The summed E-state index contributed by atoms with van der Waals surface area (Å²) in [7, 11) is 0. The van der Waals surface area contributed by atoms with Gasteiger partial charge in [-0.1, -0.05) is 345 Å². The minimum Gasteiger partial charge on any atom is -0.462 e. The SMILES string of the molecule is CC/C=C\C/C=C\C/C=C\C/C=C\C/C=C\C/C=C\C/C=C\C/C=C\CCCCCCCCCCC(=O)OC(CO)COC(=O)CCCCCCCCCCCCCCCCCCCCCCCCC/C=C\C/C=C\C/C=C\C/C=C\C/C=C\CC. The van der Waals surface area contributed by atoms with Crippen LogP contribution < -0.4 is 0 Å². The smallest absolute Gasteiger partial charge is 0.306 e. The zero-order valence-corrected chi connectivity index (χ0v) is 56.0. The number of unbranched alkanes of at least 4 members (excludes halogenated alkanes) is 31. The van der Waals surface area contributed by atoms with Crippen LogP contribution in [0.2, 0.25) is 0 Å². The first-order valence-electron chi connectivity index (χ1n) is 36.0. The molecule has 5 nitrogen and oxygen atoms in total. The van der Waals surface area contributed by atoms with Crippen molar-refractivity contribution in [3.8, 4) is 0 Å². The molecular weight excluding hydrogens is 1050 g/mol. The molecule has 0 spiro atoms. The van der Waals surface area contributed by atoms with Gasteiger partial charge in [0.15, 0.2) is 6.10 Å². The fraction of sp³-hybridized carbons (Fsp3) is 0.654. The second-order valence-corrected chi connectivity index (χ2v) is 23.6. The predicted molar refractivity (Wildman–Crippen MR) is 380 cm³/mol. The van der Waals surface area contributed by atoms with Crippen molar-refractivity contribution in [1.29, 1.82) is 0 Å². The Labute approximate surface area is 532 Å². The molecule has 1 N–H and O–H groups in total. The number of aliphatic hydroxyl groups is 1. The highest BCUT2D eigenvalue weighted by atomic mass is 16.6. The average molecular weight is 1190 g/mol. The van der Waals surface area contributed by atoms with Gasteiger partial charge in [0, 0.05) is 12.8 Å². The lowest BCUT2D eigenvalue weighted by molar-refractivity contribution is -0.161. The molecule has 0 radical (unpaired) electrons. The van der Waals surface area contributed by atoms with E-state index in [1.807, 2.05) is 0 Å². The zero-order chi connectivity index (χ0) is 61.9. The van der Waals surface area contributed by atoms with Gasteiger partial charge < -0.3 is 14.6 Å². The van der Waals surface area contributed by atoms with Gasteiger partial charge in [0.1, 0.15) is 6.61 Å². The van der Waals surface area contributed by atoms with Gasteiger partial charge in [0.25, 0.3) is 0 Å². The fourth-order valence-electron chi connectivity index (χ4n) is 10.0. The summed E-state index contributed by atoms with van der Waals surface area (Å²) in [4.78, 5) is 24.7. The number of allylic oxidation sites excluding steroid dienone is 26. The van der Waals surface area contributed by atoms with Crippen molar-refractivity contribution in [3.63, 3.8) is 0 Å². The summed E-state index contributed by atoms with van der Waals surface area (Å²) in [5.74, 6) is -0.597. The molecule has 0 amide bonds. The summed E-state index contributed by atoms with van der Waals surface area (Å²) in [5, 5.41) is 9.71. The number of carbonyl (C=O) groups excluding carboxylic acids is 2. The fourth-order valence-corrected chi connectivity index (χ4v) is 10.0. The number of rotatable bonds is 65. The molecule has 1 atom stereocenters. The van der Waals surface area contributed by atoms with Gasteiger partial charge in [-0.15, -0.1) is 0 Å². The molecule has 0 bridgehead atoms. The highest BCUT2D eigenvalue weighted by Gasteiger charge is 2.16. The van der Waals surface area contributed by atoms with Crippen LogP contribution in [0.3, 0.4) is 0 Å². The molecule has 0 aromatic carbocycles. The first kappa shape index (κ1) is 81.5. The van der Waals surface area contributed by atoms with Gasteiger partial charge in [0.2, 0.25) is 0 Å². The monoisotopic (exact) mass is 1190 g/mol. The summed E-state index contributed by atoms with van der Waals surface area (Å²) in [6.07, 6.45) is 114. The van der Waals surface area contributed by atoms with Crippen LogP contribution in [-0.4, -0.2) is 36.4 Å². The van der Waals surface area contributed by atoms with Gasteiger partial charge in [-0.2, -0.15) is 0 Å². The Kier molecular flexibility index (Phi) is 70.9. The maximum Gasteiger partial charge on any atom is 0.306 e. The Hall–Kier alpha value is -4.48. The van der Waals surface area contributed by atoms with E-state index in [0.717, 1.165) is 128 Å². The van der Waals surface area contributed by atoms with Crippen molar-refractivity contribution in [2.75, 3.05) is 13.2 Å². The molecule has 0 aliphatic heterocycles. The summed E-state index contributed by atoms with van der Waals surface area (Å²) in [6.45, 7) is 3.92. The number of hydrogen-bond acceptors (Lipinski definition) is 5. The summed E-state index contributed by atoms with van der Waals surface area (Å²) in [5.41, 5.74) is 0. The molecule has 0 rings (SSSR count). The van der Waals surface area contributed by atoms with E-state index in [4.69, 9.17) is 9.47 Å². The molecule has 5 heteroatoms. The van der Waals surface area contributed by atoms with Crippen LogP contribution in [0.1, 0.15) is 322 Å². The largest absolute Gasteiger partial charge is 0.462 e. The molecule has 0 aliphatic rings. The van der Waals surface area contributed by atoms with Crippen LogP contribution in [0, 0.1) is 0 Å². The number of hydrogen-bond donors (Lipinski definition) is 1. The molecule has 86 heavy (non-hydrogen) atoms. The lowest BCUT2D eigenvalue weighted by Crippen LogP contribution is -2.28. The summed E-state index contributed by atoms with van der Waals surface area (Å²) < 4.78 is 10.8. The van der Waals surface area contributed by atoms with Crippen LogP contribution >= 0.6 is 0 Å². The van der Waals surface area contributed by atoms with Crippen molar-refractivity contribution in [2.45, 2.75) is 328 Å². The van der Waals surface area contributed by atoms with Crippen LogP contribution in [0.15, 0.2) is 158 Å². The molecule has 0 saturated heterocycles. The standard InChI is InChI=1S/C81H134O5/c1-3-5-7-9-11-13-15-17-19-21-23-25-27-29-31-33-35-37-38-39-40-41-42-44-45-47-49-51-53-55-57-59-61-63-65-67-69-71-73-75-80(83)85-78-79(77-82)86-81(84)76-74-72-70-68-66-64-62-60-58-56-54-52-50-48-46-43-36-34-32-30-28-26-24-22-20-18-16-14-12-10-8-6-4-2/h5-8,11-14,17-20,23-26,29-32,36,43,48,50,54,56,79,82H,3-4,9-10,15-16,21-22,27-28,33-35,37-42,44-47,49,51-53,55,57-78H2,1-2H3/b7-5-,8-6-,13-11-,14-12-,19-17-,20-18-,25-23-,26-24-,31-29-,32-30-,43-36-,50-48-,56-54-. The quantitative estimate of drug-likeness (QED) is 0.0373. The third-order valence-electron chi connectivity index (χ3n) is 15.3. The van der Waals surface area contributed by atoms with Crippen LogP contribution in [0.4, 0.5) is 0 Å². The Morgan fingerprint density at radius 3 is 0.698 bits per heavy atom. The number of ether oxygens (including phenoxy) is 2. The van der Waals surface area contributed by atoms with Crippen LogP contribution in [0.25, 0.3) is 0 Å². The van der Waals surface area contributed by atoms with Crippen molar-refractivity contribution in [3.05, 3.63) is 158 Å².